The van der Waals surface area contributed by atoms with Gasteiger partial charge < -0.3 is 5.32 Å². The number of amides is 2. The monoisotopic (exact) mass is 532 g/mol. The highest BCUT2D eigenvalue weighted by Gasteiger charge is 2.27. The van der Waals surface area contributed by atoms with Crippen molar-refractivity contribution in [3.05, 3.63) is 88.4 Å². The number of hydrazone groups is 1. The normalized spacial score (nSPS) is 11.6. The number of hydrogen-bond acceptors (Lipinski definition) is 5. The number of rotatable bonds is 8. The van der Waals surface area contributed by atoms with Gasteiger partial charge in [-0.3, -0.25) is 13.9 Å². The first kappa shape index (κ1) is 26.2. The average Bonchev–Trinajstić information content (AvgIpc) is 2.81. The smallest absolute Gasteiger partial charge is 0.264 e. The molecule has 3 rings (SSSR count). The van der Waals surface area contributed by atoms with E-state index in [0.717, 1.165) is 4.31 Å². The maximum absolute atomic E-state index is 13.4. The topological polar surface area (TPSA) is 108 Å². The maximum atomic E-state index is 13.4. The zero-order valence-electron chi connectivity index (χ0n) is 18.8. The third-order valence-corrected chi connectivity index (χ3v) is 7.03. The molecule has 0 saturated heterocycles. The highest BCUT2D eigenvalue weighted by molar-refractivity contribution is 7.92. The van der Waals surface area contributed by atoms with Crippen LogP contribution in [0.15, 0.2) is 82.8 Å². The molecule has 8 nitrogen and oxygen atoms in total. The molecule has 0 bridgehead atoms. The third-order valence-electron chi connectivity index (χ3n) is 4.76. The lowest BCUT2D eigenvalue weighted by atomic mass is 10.1. The molecule has 0 unspecified atom stereocenters. The van der Waals surface area contributed by atoms with Crippen LogP contribution in [0.25, 0.3) is 0 Å². The number of carbonyl (C=O) groups is 2. The molecule has 0 aliphatic heterocycles. The molecule has 182 valence electrons. The molecule has 0 fully saturated rings. The molecule has 0 aliphatic carbocycles. The second-order valence-electron chi connectivity index (χ2n) is 7.44. The Morgan fingerprint density at radius 3 is 2.17 bits per heavy atom. The summed E-state index contributed by atoms with van der Waals surface area (Å²) in [6, 6.07) is 18.7. The van der Waals surface area contributed by atoms with Gasteiger partial charge in [-0.1, -0.05) is 41.4 Å². The number of carbonyl (C=O) groups excluding carboxylic acids is 2. The summed E-state index contributed by atoms with van der Waals surface area (Å²) in [4.78, 5) is 23.8. The van der Waals surface area contributed by atoms with Gasteiger partial charge in [0.25, 0.3) is 15.9 Å². The van der Waals surface area contributed by atoms with Crippen molar-refractivity contribution in [1.82, 2.24) is 5.43 Å². The Balaban J connectivity index is 1.81. The fraction of sp³-hybridized carbons (Fsp3) is 0.125. The van der Waals surface area contributed by atoms with Crippen molar-refractivity contribution in [3.8, 4) is 0 Å². The number of nitrogens with one attached hydrogen (secondary N) is 2. The van der Waals surface area contributed by atoms with Gasteiger partial charge in [-0.2, -0.15) is 5.10 Å². The molecule has 0 aromatic heterocycles. The lowest BCUT2D eigenvalue weighted by molar-refractivity contribution is -0.119. The van der Waals surface area contributed by atoms with Crippen molar-refractivity contribution in [3.63, 3.8) is 0 Å². The van der Waals surface area contributed by atoms with Gasteiger partial charge in [0.05, 0.1) is 16.3 Å². The zero-order chi connectivity index (χ0) is 25.6. The molecule has 0 radical (unpaired) electrons. The Kier molecular flexibility index (Phi) is 8.50. The highest BCUT2D eigenvalue weighted by atomic mass is 35.5. The number of hydrogen-bond donors (Lipinski definition) is 2. The lowest BCUT2D eigenvalue weighted by Crippen LogP contribution is -2.39. The Labute approximate surface area is 213 Å². The fourth-order valence-electron chi connectivity index (χ4n) is 3.05. The molecular weight excluding hydrogens is 511 g/mol. The standard InChI is InChI=1S/C24H22Cl2N4O4S/c1-16(18-6-10-21(11-7-18)27-17(2)31)28-29-24(32)15-30(22-5-3-4-20(26)14-22)35(33,34)23-12-8-19(25)9-13-23/h3-14H,15H2,1-2H3,(H,27,31)(H,29,32)/b28-16-. The average molecular weight is 533 g/mol. The summed E-state index contributed by atoms with van der Waals surface area (Å²) < 4.78 is 27.7. The van der Waals surface area contributed by atoms with Crippen LogP contribution < -0.4 is 15.0 Å². The Bertz CT molecular complexity index is 1360. The highest BCUT2D eigenvalue weighted by Crippen LogP contribution is 2.26. The van der Waals surface area contributed by atoms with E-state index in [9.17, 15) is 18.0 Å². The van der Waals surface area contributed by atoms with Crippen LogP contribution in [0, 0.1) is 0 Å². The molecule has 0 spiro atoms. The van der Waals surface area contributed by atoms with E-state index in [0.29, 0.717) is 27.0 Å². The predicted molar refractivity (Wildman–Crippen MR) is 139 cm³/mol. The summed E-state index contributed by atoms with van der Waals surface area (Å²) in [6.07, 6.45) is 0. The summed E-state index contributed by atoms with van der Waals surface area (Å²) in [5.41, 5.74) is 4.44. The summed E-state index contributed by atoms with van der Waals surface area (Å²) in [5, 5.41) is 7.44. The van der Waals surface area contributed by atoms with Gasteiger partial charge in [-0.15, -0.1) is 0 Å². The molecule has 0 heterocycles. The first-order valence-corrected chi connectivity index (χ1v) is 12.5. The van der Waals surface area contributed by atoms with Gasteiger partial charge in [-0.25, -0.2) is 13.8 Å². The number of halogens is 2. The molecule has 35 heavy (non-hydrogen) atoms. The van der Waals surface area contributed by atoms with Gasteiger partial charge in [-0.05, 0) is 67.1 Å². The third kappa shape index (κ3) is 7.05. The number of anilines is 2. The number of sulfonamides is 1. The Morgan fingerprint density at radius 2 is 1.57 bits per heavy atom. The maximum Gasteiger partial charge on any atom is 0.264 e. The van der Waals surface area contributed by atoms with Gasteiger partial charge >= 0.3 is 0 Å². The van der Waals surface area contributed by atoms with Crippen molar-refractivity contribution >= 4 is 62.1 Å². The van der Waals surface area contributed by atoms with Gasteiger partial charge in [0.1, 0.15) is 6.54 Å². The molecule has 0 atom stereocenters. The van der Waals surface area contributed by atoms with E-state index in [2.05, 4.69) is 15.8 Å². The number of nitrogens with zero attached hydrogens (tertiary/aromatic N) is 2. The minimum Gasteiger partial charge on any atom is -0.326 e. The summed E-state index contributed by atoms with van der Waals surface area (Å²) in [5.74, 6) is -0.843. The Morgan fingerprint density at radius 1 is 0.914 bits per heavy atom. The van der Waals surface area contributed by atoms with E-state index < -0.39 is 22.5 Å². The minimum absolute atomic E-state index is 0.0337. The molecule has 2 amide bonds. The fourth-order valence-corrected chi connectivity index (χ4v) is 4.78. The van der Waals surface area contributed by atoms with Gasteiger partial charge in [0.2, 0.25) is 5.91 Å². The lowest BCUT2D eigenvalue weighted by Gasteiger charge is -2.24. The van der Waals surface area contributed by atoms with Crippen LogP contribution in [-0.4, -0.2) is 32.5 Å². The van der Waals surface area contributed by atoms with Gasteiger partial charge in [0, 0.05) is 22.7 Å². The van der Waals surface area contributed by atoms with Crippen LogP contribution >= 0.6 is 23.2 Å². The second kappa shape index (κ2) is 11.4. The van der Waals surface area contributed by atoms with Crippen LogP contribution in [0.5, 0.6) is 0 Å². The van der Waals surface area contributed by atoms with Crippen molar-refractivity contribution in [2.24, 2.45) is 5.10 Å². The van der Waals surface area contributed by atoms with E-state index in [4.69, 9.17) is 23.2 Å². The van der Waals surface area contributed by atoms with Crippen LogP contribution in [0.3, 0.4) is 0 Å². The van der Waals surface area contributed by atoms with Crippen LogP contribution in [-0.2, 0) is 19.6 Å². The van der Waals surface area contributed by atoms with Crippen molar-refractivity contribution in [2.45, 2.75) is 18.7 Å². The SMILES string of the molecule is CC(=O)Nc1ccc(/C(C)=N\NC(=O)CN(c2cccc(Cl)c2)S(=O)(=O)c2ccc(Cl)cc2)cc1. The molecule has 2 N–H and O–H groups in total. The van der Waals surface area contributed by atoms with Crippen molar-refractivity contribution in [1.29, 1.82) is 0 Å². The summed E-state index contributed by atoms with van der Waals surface area (Å²) in [6.45, 7) is 2.56. The molecule has 3 aromatic carbocycles. The van der Waals surface area contributed by atoms with Crippen molar-refractivity contribution < 1.29 is 18.0 Å². The van der Waals surface area contributed by atoms with E-state index in [1.807, 2.05) is 0 Å². The molecule has 3 aromatic rings. The summed E-state index contributed by atoms with van der Waals surface area (Å²) >= 11 is 12.0. The molecule has 0 saturated carbocycles. The van der Waals surface area contributed by atoms with Crippen LogP contribution in [0.2, 0.25) is 10.0 Å². The van der Waals surface area contributed by atoms with E-state index in [1.54, 1.807) is 43.3 Å². The van der Waals surface area contributed by atoms with E-state index in [-0.39, 0.29) is 16.5 Å². The van der Waals surface area contributed by atoms with Gasteiger partial charge in [0.15, 0.2) is 0 Å². The second-order valence-corrected chi connectivity index (χ2v) is 10.2. The first-order chi connectivity index (χ1) is 16.6. The van der Waals surface area contributed by atoms with Crippen molar-refractivity contribution in [2.75, 3.05) is 16.2 Å². The predicted octanol–water partition coefficient (Wildman–Crippen LogP) is 4.69. The number of benzene rings is 3. The molecule has 11 heteroatoms. The van der Waals surface area contributed by atoms with E-state index >= 15 is 0 Å². The molecule has 0 aliphatic rings. The minimum atomic E-state index is -4.12. The first-order valence-electron chi connectivity index (χ1n) is 10.3. The summed E-state index contributed by atoms with van der Waals surface area (Å²) in [7, 11) is -4.12. The van der Waals surface area contributed by atoms with E-state index in [1.165, 1.54) is 43.3 Å². The molecular formula is C24H22Cl2N4O4S. The largest absolute Gasteiger partial charge is 0.326 e. The quantitative estimate of drug-likeness (QED) is 0.324. The van der Waals surface area contributed by atoms with Crippen LogP contribution in [0.4, 0.5) is 11.4 Å². The zero-order valence-corrected chi connectivity index (χ0v) is 21.2. The van der Waals surface area contributed by atoms with Crippen LogP contribution in [0.1, 0.15) is 19.4 Å². The Hall–Kier alpha value is -3.40.